The third kappa shape index (κ3) is 4.82. The summed E-state index contributed by atoms with van der Waals surface area (Å²) in [5.41, 5.74) is 9.55. The van der Waals surface area contributed by atoms with Gasteiger partial charge in [-0.05, 0) is 55.3 Å². The van der Waals surface area contributed by atoms with Crippen molar-refractivity contribution in [1.29, 1.82) is 0 Å². The smallest absolute Gasteiger partial charge is 0.248 e. The molecular formula is C21H25ClN4O2. The summed E-state index contributed by atoms with van der Waals surface area (Å²) >= 11 is 6.28. The summed E-state index contributed by atoms with van der Waals surface area (Å²) in [7, 11) is 0. The molecule has 0 radical (unpaired) electrons. The standard InChI is InChI=1S/C21H25ClN4O2/c1-14-11-15(2)20(18(22)12-14)24-19(27)13-25-7-9-26(10-8-25)17-5-3-16(4-6-17)21(23)28/h3-6,11-12H,7-10,13H2,1-2H3,(H2,23,28)(H,24,27). The molecular weight excluding hydrogens is 376 g/mol. The van der Waals surface area contributed by atoms with Crippen LogP contribution in [0.2, 0.25) is 5.02 Å². The van der Waals surface area contributed by atoms with Gasteiger partial charge < -0.3 is 16.0 Å². The molecule has 0 atom stereocenters. The Bertz CT molecular complexity index is 851. The Kier molecular flexibility index (Phi) is 6.21. The molecule has 3 rings (SSSR count). The Morgan fingerprint density at radius 1 is 1.07 bits per heavy atom. The van der Waals surface area contributed by atoms with E-state index >= 15 is 0 Å². The fourth-order valence-electron chi connectivity index (χ4n) is 3.46. The van der Waals surface area contributed by atoms with Gasteiger partial charge in [-0.25, -0.2) is 0 Å². The van der Waals surface area contributed by atoms with Crippen molar-refractivity contribution < 1.29 is 9.59 Å². The van der Waals surface area contributed by atoms with Crippen LogP contribution in [0.5, 0.6) is 0 Å². The van der Waals surface area contributed by atoms with Crippen LogP contribution >= 0.6 is 11.6 Å². The largest absolute Gasteiger partial charge is 0.369 e. The lowest BCUT2D eigenvalue weighted by molar-refractivity contribution is -0.117. The number of nitrogens with two attached hydrogens (primary N) is 1. The lowest BCUT2D eigenvalue weighted by Gasteiger charge is -2.35. The summed E-state index contributed by atoms with van der Waals surface area (Å²) < 4.78 is 0. The molecule has 2 aromatic rings. The quantitative estimate of drug-likeness (QED) is 0.808. The van der Waals surface area contributed by atoms with Gasteiger partial charge >= 0.3 is 0 Å². The summed E-state index contributed by atoms with van der Waals surface area (Å²) in [4.78, 5) is 28.0. The van der Waals surface area contributed by atoms with Gasteiger partial charge in [0.15, 0.2) is 0 Å². The molecule has 2 amide bonds. The van der Waals surface area contributed by atoms with Crippen molar-refractivity contribution in [3.8, 4) is 0 Å². The lowest BCUT2D eigenvalue weighted by Crippen LogP contribution is -2.48. The summed E-state index contributed by atoms with van der Waals surface area (Å²) in [6, 6.07) is 11.2. The van der Waals surface area contributed by atoms with Gasteiger partial charge in [0.25, 0.3) is 0 Å². The number of hydrogen-bond acceptors (Lipinski definition) is 4. The molecule has 28 heavy (non-hydrogen) atoms. The minimum absolute atomic E-state index is 0.0619. The van der Waals surface area contributed by atoms with Crippen LogP contribution in [0.3, 0.4) is 0 Å². The highest BCUT2D eigenvalue weighted by Gasteiger charge is 2.20. The first kappa shape index (κ1) is 20.2. The molecule has 1 aliphatic rings. The van der Waals surface area contributed by atoms with Crippen molar-refractivity contribution in [3.05, 3.63) is 58.1 Å². The number of carbonyl (C=O) groups excluding carboxylic acids is 2. The number of rotatable bonds is 5. The van der Waals surface area contributed by atoms with Crippen LogP contribution in [0.25, 0.3) is 0 Å². The molecule has 1 aliphatic heterocycles. The molecule has 148 valence electrons. The highest BCUT2D eigenvalue weighted by atomic mass is 35.5. The van der Waals surface area contributed by atoms with Crippen molar-refractivity contribution in [2.24, 2.45) is 5.73 Å². The highest BCUT2D eigenvalue weighted by molar-refractivity contribution is 6.34. The molecule has 0 saturated carbocycles. The fraction of sp³-hybridized carbons (Fsp3) is 0.333. The van der Waals surface area contributed by atoms with E-state index in [1.54, 1.807) is 12.1 Å². The molecule has 1 heterocycles. The number of aryl methyl sites for hydroxylation is 2. The van der Waals surface area contributed by atoms with E-state index < -0.39 is 5.91 Å². The maximum atomic E-state index is 12.5. The van der Waals surface area contributed by atoms with E-state index in [1.165, 1.54) is 0 Å². The zero-order chi connectivity index (χ0) is 20.3. The molecule has 0 bridgehead atoms. The Hall–Kier alpha value is -2.57. The second kappa shape index (κ2) is 8.63. The van der Waals surface area contributed by atoms with Crippen molar-refractivity contribution in [3.63, 3.8) is 0 Å². The minimum atomic E-state index is -0.425. The molecule has 0 aliphatic carbocycles. The first-order valence-electron chi connectivity index (χ1n) is 9.27. The summed E-state index contributed by atoms with van der Waals surface area (Å²) in [5.74, 6) is -0.487. The van der Waals surface area contributed by atoms with Gasteiger partial charge in [-0.2, -0.15) is 0 Å². The zero-order valence-corrected chi connectivity index (χ0v) is 16.9. The van der Waals surface area contributed by atoms with E-state index in [0.29, 0.717) is 22.8 Å². The number of amides is 2. The first-order chi connectivity index (χ1) is 13.3. The van der Waals surface area contributed by atoms with E-state index in [4.69, 9.17) is 17.3 Å². The zero-order valence-electron chi connectivity index (χ0n) is 16.2. The molecule has 1 saturated heterocycles. The number of benzene rings is 2. The van der Waals surface area contributed by atoms with E-state index in [-0.39, 0.29) is 5.91 Å². The van der Waals surface area contributed by atoms with Crippen LogP contribution in [-0.4, -0.2) is 49.4 Å². The van der Waals surface area contributed by atoms with Gasteiger partial charge in [0, 0.05) is 37.4 Å². The number of carbonyl (C=O) groups is 2. The molecule has 6 nitrogen and oxygen atoms in total. The SMILES string of the molecule is Cc1cc(C)c(NC(=O)CN2CCN(c3ccc(C(N)=O)cc3)CC2)c(Cl)c1. The fourth-order valence-corrected chi connectivity index (χ4v) is 3.83. The summed E-state index contributed by atoms with van der Waals surface area (Å²) in [6.07, 6.45) is 0. The van der Waals surface area contributed by atoms with Crippen LogP contribution in [-0.2, 0) is 4.79 Å². The number of halogens is 1. The third-order valence-electron chi connectivity index (χ3n) is 4.95. The van der Waals surface area contributed by atoms with Gasteiger partial charge in [0.2, 0.25) is 11.8 Å². The topological polar surface area (TPSA) is 78.7 Å². The molecule has 0 spiro atoms. The predicted molar refractivity (Wildman–Crippen MR) is 113 cm³/mol. The average Bonchev–Trinajstić information content (AvgIpc) is 2.65. The van der Waals surface area contributed by atoms with E-state index in [0.717, 1.165) is 43.0 Å². The second-order valence-electron chi connectivity index (χ2n) is 7.16. The Morgan fingerprint density at radius 3 is 2.29 bits per heavy atom. The van der Waals surface area contributed by atoms with Gasteiger partial charge in [0.1, 0.15) is 0 Å². The number of anilines is 2. The molecule has 1 fully saturated rings. The first-order valence-corrected chi connectivity index (χ1v) is 9.65. The van der Waals surface area contributed by atoms with Crippen LogP contribution in [0.15, 0.2) is 36.4 Å². The number of nitrogens with one attached hydrogen (secondary N) is 1. The maximum Gasteiger partial charge on any atom is 0.248 e. The summed E-state index contributed by atoms with van der Waals surface area (Å²) in [6.45, 7) is 7.44. The number of hydrogen-bond donors (Lipinski definition) is 2. The van der Waals surface area contributed by atoms with Gasteiger partial charge in [-0.3, -0.25) is 14.5 Å². The normalized spacial score (nSPS) is 14.8. The second-order valence-corrected chi connectivity index (χ2v) is 7.57. The molecule has 3 N–H and O–H groups in total. The average molecular weight is 401 g/mol. The number of nitrogens with zero attached hydrogens (tertiary/aromatic N) is 2. The molecule has 7 heteroatoms. The van der Waals surface area contributed by atoms with E-state index in [1.807, 2.05) is 38.1 Å². The minimum Gasteiger partial charge on any atom is -0.369 e. The Morgan fingerprint density at radius 2 is 1.71 bits per heavy atom. The number of piperazine rings is 1. The van der Waals surface area contributed by atoms with Crippen molar-refractivity contribution in [2.75, 3.05) is 42.9 Å². The number of primary amides is 1. The Balaban J connectivity index is 1.53. The highest BCUT2D eigenvalue weighted by Crippen LogP contribution is 2.27. The van der Waals surface area contributed by atoms with Crippen molar-refractivity contribution in [2.45, 2.75) is 13.8 Å². The van der Waals surface area contributed by atoms with Crippen LogP contribution < -0.4 is 16.0 Å². The van der Waals surface area contributed by atoms with Gasteiger partial charge in [-0.15, -0.1) is 0 Å². The van der Waals surface area contributed by atoms with Crippen molar-refractivity contribution in [1.82, 2.24) is 4.90 Å². The maximum absolute atomic E-state index is 12.5. The van der Waals surface area contributed by atoms with Crippen LogP contribution in [0, 0.1) is 13.8 Å². The van der Waals surface area contributed by atoms with Crippen molar-refractivity contribution >= 4 is 34.8 Å². The van der Waals surface area contributed by atoms with Gasteiger partial charge in [0.05, 0.1) is 17.3 Å². The Labute approximate surface area is 170 Å². The van der Waals surface area contributed by atoms with Gasteiger partial charge in [-0.1, -0.05) is 17.7 Å². The van der Waals surface area contributed by atoms with E-state index in [2.05, 4.69) is 15.1 Å². The third-order valence-corrected chi connectivity index (χ3v) is 5.25. The predicted octanol–water partition coefficient (Wildman–Crippen LogP) is 2.82. The molecule has 2 aromatic carbocycles. The van der Waals surface area contributed by atoms with E-state index in [9.17, 15) is 9.59 Å². The lowest BCUT2D eigenvalue weighted by atomic mass is 10.1. The molecule has 0 unspecified atom stereocenters. The molecule has 0 aromatic heterocycles. The van der Waals surface area contributed by atoms with Crippen LogP contribution in [0.4, 0.5) is 11.4 Å². The van der Waals surface area contributed by atoms with Crippen LogP contribution in [0.1, 0.15) is 21.5 Å². The monoisotopic (exact) mass is 400 g/mol. The summed E-state index contributed by atoms with van der Waals surface area (Å²) in [5, 5.41) is 3.51.